The van der Waals surface area contributed by atoms with Gasteiger partial charge in [0.1, 0.15) is 0 Å². The molecule has 4 heteroatoms. The Morgan fingerprint density at radius 3 is 2.12 bits per heavy atom. The summed E-state index contributed by atoms with van der Waals surface area (Å²) in [5, 5.41) is 19.0. The Bertz CT molecular complexity index is 590. The average Bonchev–Trinajstić information content (AvgIpc) is 2.58. The summed E-state index contributed by atoms with van der Waals surface area (Å²) in [5.41, 5.74) is 1.62. The monoisotopic (exact) mass is 362 g/mol. The molecule has 4 nitrogen and oxygen atoms in total. The van der Waals surface area contributed by atoms with Crippen molar-refractivity contribution in [2.45, 2.75) is 85.0 Å². The first-order valence-electron chi connectivity index (χ1n) is 9.99. The van der Waals surface area contributed by atoms with Gasteiger partial charge in [0, 0.05) is 0 Å². The van der Waals surface area contributed by atoms with Crippen LogP contribution in [0.15, 0.2) is 12.1 Å². The maximum atomic E-state index is 11.7. The second-order valence-electron chi connectivity index (χ2n) is 7.54. The van der Waals surface area contributed by atoms with Gasteiger partial charge in [0.15, 0.2) is 0 Å². The number of aryl methyl sites for hydroxylation is 1. The number of carbonyl (C=O) groups is 2. The summed E-state index contributed by atoms with van der Waals surface area (Å²) < 4.78 is 0. The topological polar surface area (TPSA) is 74.6 Å². The molecule has 0 radical (unpaired) electrons. The van der Waals surface area contributed by atoms with Crippen LogP contribution in [0.25, 0.3) is 0 Å². The smallest absolute Gasteiger partial charge is 0.336 e. The number of carboxylic acid groups (broad SMARTS) is 2. The fourth-order valence-corrected chi connectivity index (χ4v) is 3.39. The quantitative estimate of drug-likeness (QED) is 0.424. The van der Waals surface area contributed by atoms with Gasteiger partial charge in [0.25, 0.3) is 0 Å². The highest BCUT2D eigenvalue weighted by molar-refractivity contribution is 6.03. The number of benzene rings is 1. The Morgan fingerprint density at radius 1 is 0.885 bits per heavy atom. The van der Waals surface area contributed by atoms with Crippen molar-refractivity contribution in [1.29, 1.82) is 0 Å². The number of carboxylic acids is 2. The lowest BCUT2D eigenvalue weighted by atomic mass is 9.89. The normalized spacial score (nSPS) is 11.1. The maximum Gasteiger partial charge on any atom is 0.336 e. The van der Waals surface area contributed by atoms with Crippen molar-refractivity contribution >= 4 is 11.9 Å². The van der Waals surface area contributed by atoms with Crippen molar-refractivity contribution in [3.05, 3.63) is 34.4 Å². The molecule has 0 saturated carbocycles. The molecule has 0 aliphatic rings. The van der Waals surface area contributed by atoms with Crippen LogP contribution in [0.3, 0.4) is 0 Å². The van der Waals surface area contributed by atoms with Gasteiger partial charge in [-0.05, 0) is 48.8 Å². The average molecular weight is 363 g/mol. The summed E-state index contributed by atoms with van der Waals surface area (Å²) in [4.78, 5) is 23.2. The summed E-state index contributed by atoms with van der Waals surface area (Å²) in [7, 11) is 0. The molecule has 0 saturated heterocycles. The van der Waals surface area contributed by atoms with E-state index in [0.29, 0.717) is 6.42 Å². The lowest BCUT2D eigenvalue weighted by Gasteiger charge is -2.15. The largest absolute Gasteiger partial charge is 0.478 e. The third-order valence-electron chi connectivity index (χ3n) is 4.86. The molecule has 26 heavy (non-hydrogen) atoms. The number of hydrogen-bond donors (Lipinski definition) is 2. The van der Waals surface area contributed by atoms with E-state index in [1.54, 1.807) is 0 Å². The van der Waals surface area contributed by atoms with E-state index in [9.17, 15) is 19.8 Å². The zero-order valence-electron chi connectivity index (χ0n) is 16.5. The van der Waals surface area contributed by atoms with Crippen LogP contribution in [-0.2, 0) is 12.8 Å². The van der Waals surface area contributed by atoms with Gasteiger partial charge in [0.05, 0.1) is 11.1 Å². The molecule has 1 aromatic carbocycles. The molecule has 0 heterocycles. The van der Waals surface area contributed by atoms with E-state index in [0.717, 1.165) is 55.6 Å². The zero-order valence-corrected chi connectivity index (χ0v) is 16.5. The molecule has 1 rings (SSSR count). The van der Waals surface area contributed by atoms with Crippen molar-refractivity contribution in [1.82, 2.24) is 0 Å². The van der Waals surface area contributed by atoms with Crippen LogP contribution >= 0.6 is 0 Å². The van der Waals surface area contributed by atoms with Gasteiger partial charge in [-0.3, -0.25) is 0 Å². The Labute approximate surface area is 157 Å². The van der Waals surface area contributed by atoms with Gasteiger partial charge >= 0.3 is 11.9 Å². The van der Waals surface area contributed by atoms with Gasteiger partial charge in [-0.15, -0.1) is 0 Å². The van der Waals surface area contributed by atoms with Gasteiger partial charge in [0.2, 0.25) is 0 Å². The second-order valence-corrected chi connectivity index (χ2v) is 7.54. The van der Waals surface area contributed by atoms with Crippen LogP contribution in [0, 0.1) is 5.92 Å². The lowest BCUT2D eigenvalue weighted by Crippen LogP contribution is -2.14. The number of rotatable bonds is 13. The van der Waals surface area contributed by atoms with Crippen molar-refractivity contribution in [2.75, 3.05) is 0 Å². The number of hydrogen-bond acceptors (Lipinski definition) is 2. The first-order valence-corrected chi connectivity index (χ1v) is 9.99. The molecule has 1 aromatic rings. The molecule has 0 aliphatic carbocycles. The summed E-state index contributed by atoms with van der Waals surface area (Å²) in [5.74, 6) is -1.56. The minimum Gasteiger partial charge on any atom is -0.478 e. The first kappa shape index (κ1) is 22.2. The summed E-state index contributed by atoms with van der Waals surface area (Å²) >= 11 is 0. The predicted octanol–water partition coefficient (Wildman–Crippen LogP) is 5.96. The van der Waals surface area contributed by atoms with Crippen molar-refractivity contribution in [2.24, 2.45) is 5.92 Å². The fourth-order valence-electron chi connectivity index (χ4n) is 3.39. The maximum absolute atomic E-state index is 11.7. The van der Waals surface area contributed by atoms with Crippen LogP contribution in [0.4, 0.5) is 0 Å². The molecule has 0 unspecified atom stereocenters. The van der Waals surface area contributed by atoms with E-state index in [2.05, 4.69) is 20.8 Å². The molecule has 2 N–H and O–H groups in total. The van der Waals surface area contributed by atoms with E-state index < -0.39 is 11.9 Å². The molecule has 0 aromatic heterocycles. The highest BCUT2D eigenvalue weighted by atomic mass is 16.4. The van der Waals surface area contributed by atoms with Gasteiger partial charge in [-0.1, -0.05) is 65.4 Å². The molecule has 0 fully saturated rings. The highest BCUT2D eigenvalue weighted by Crippen LogP contribution is 2.24. The highest BCUT2D eigenvalue weighted by Gasteiger charge is 2.22. The van der Waals surface area contributed by atoms with E-state index in [1.165, 1.54) is 25.3 Å². The molecule has 0 atom stereocenters. The minimum atomic E-state index is -1.17. The van der Waals surface area contributed by atoms with Crippen molar-refractivity contribution in [3.63, 3.8) is 0 Å². The van der Waals surface area contributed by atoms with E-state index >= 15 is 0 Å². The van der Waals surface area contributed by atoms with Crippen LogP contribution in [0.5, 0.6) is 0 Å². The van der Waals surface area contributed by atoms with Crippen molar-refractivity contribution < 1.29 is 19.8 Å². The van der Waals surface area contributed by atoms with Crippen LogP contribution in [-0.4, -0.2) is 22.2 Å². The third-order valence-corrected chi connectivity index (χ3v) is 4.86. The Morgan fingerprint density at radius 2 is 1.54 bits per heavy atom. The summed E-state index contributed by atoms with van der Waals surface area (Å²) in [6, 6.07) is 3.26. The molecular weight excluding hydrogens is 328 g/mol. The lowest BCUT2D eigenvalue weighted by molar-refractivity contribution is 0.0650. The second kappa shape index (κ2) is 11.7. The van der Waals surface area contributed by atoms with Gasteiger partial charge < -0.3 is 10.2 Å². The Kier molecular flexibility index (Phi) is 10.0. The van der Waals surface area contributed by atoms with Crippen LogP contribution in [0.2, 0.25) is 0 Å². The summed E-state index contributed by atoms with van der Waals surface area (Å²) in [6.07, 6.45) is 10.3. The number of aromatic carboxylic acids is 2. The Hall–Kier alpha value is -1.84. The fraction of sp³-hybridized carbons (Fsp3) is 0.636. The van der Waals surface area contributed by atoms with Crippen LogP contribution < -0.4 is 0 Å². The molecule has 0 spiro atoms. The molecule has 0 bridgehead atoms. The zero-order chi connectivity index (χ0) is 19.5. The van der Waals surface area contributed by atoms with Crippen LogP contribution in [0.1, 0.15) is 104 Å². The molecular formula is C22H34O4. The van der Waals surface area contributed by atoms with E-state index in [4.69, 9.17) is 0 Å². The number of unbranched alkanes of at least 4 members (excludes halogenated alkanes) is 5. The molecule has 0 amide bonds. The van der Waals surface area contributed by atoms with E-state index in [-0.39, 0.29) is 11.1 Å². The van der Waals surface area contributed by atoms with Gasteiger partial charge in [-0.25, -0.2) is 9.59 Å². The molecule has 146 valence electrons. The van der Waals surface area contributed by atoms with Crippen molar-refractivity contribution in [3.8, 4) is 0 Å². The Balaban J connectivity index is 2.82. The summed E-state index contributed by atoms with van der Waals surface area (Å²) in [6.45, 7) is 6.57. The SMILES string of the molecule is CCCCc1ccc(C(=O)O)c(C(=O)O)c1CCCCCCCC(C)C. The minimum absolute atomic E-state index is 0.00842. The predicted molar refractivity (Wildman–Crippen MR) is 105 cm³/mol. The first-order chi connectivity index (χ1) is 12.4. The van der Waals surface area contributed by atoms with E-state index in [1.807, 2.05) is 6.07 Å². The van der Waals surface area contributed by atoms with Gasteiger partial charge in [-0.2, -0.15) is 0 Å². The third kappa shape index (κ3) is 7.19. The molecule has 0 aliphatic heterocycles. The standard InChI is InChI=1S/C22H34O4/c1-4-5-12-17-14-15-19(21(23)24)20(22(25)26)18(17)13-10-8-6-7-9-11-16(2)3/h14-16H,4-13H2,1-3H3,(H,23,24)(H,25,26).